The smallest absolute Gasteiger partial charge is 0.251 e. The largest absolute Gasteiger partial charge is 0.489 e. The molecule has 8 heteroatoms. The van der Waals surface area contributed by atoms with Crippen LogP contribution in [0.5, 0.6) is 5.75 Å². The molecule has 0 saturated heterocycles. The molecule has 0 fully saturated rings. The van der Waals surface area contributed by atoms with Crippen molar-refractivity contribution < 1.29 is 13.9 Å². The third-order valence-corrected chi connectivity index (χ3v) is 5.05. The highest BCUT2D eigenvalue weighted by atomic mass is 19.1. The highest BCUT2D eigenvalue weighted by Crippen LogP contribution is 2.25. The Morgan fingerprint density at radius 1 is 1.06 bits per heavy atom. The van der Waals surface area contributed by atoms with E-state index in [9.17, 15) is 9.18 Å². The van der Waals surface area contributed by atoms with Gasteiger partial charge in [-0.2, -0.15) is 4.98 Å². The van der Waals surface area contributed by atoms with Gasteiger partial charge in [-0.25, -0.2) is 9.37 Å². The topological polar surface area (TPSA) is 88.2 Å². The Morgan fingerprint density at radius 2 is 1.73 bits per heavy atom. The molecular formula is C25H28FN5O2. The van der Waals surface area contributed by atoms with E-state index in [4.69, 9.17) is 4.74 Å². The van der Waals surface area contributed by atoms with Crippen molar-refractivity contribution in [2.75, 3.05) is 23.0 Å². The molecule has 1 aromatic heterocycles. The molecule has 1 amide bonds. The molecular weight excluding hydrogens is 421 g/mol. The number of hydrogen-bond donors (Lipinski definition) is 3. The van der Waals surface area contributed by atoms with Crippen molar-refractivity contribution in [1.29, 1.82) is 0 Å². The van der Waals surface area contributed by atoms with Crippen LogP contribution >= 0.6 is 0 Å². The number of hydrogen-bond acceptors (Lipinski definition) is 6. The zero-order valence-corrected chi connectivity index (χ0v) is 19.2. The molecule has 3 aromatic rings. The molecule has 0 unspecified atom stereocenters. The van der Waals surface area contributed by atoms with Crippen LogP contribution in [0.15, 0.2) is 60.2 Å². The number of anilines is 3. The number of ether oxygens (including phenoxy) is 1. The summed E-state index contributed by atoms with van der Waals surface area (Å²) >= 11 is 0. The summed E-state index contributed by atoms with van der Waals surface area (Å²) in [5.41, 5.74) is 3.74. The lowest BCUT2D eigenvalue weighted by molar-refractivity contribution is -0.112. The maximum Gasteiger partial charge on any atom is 0.251 e. The van der Waals surface area contributed by atoms with E-state index < -0.39 is 0 Å². The van der Waals surface area contributed by atoms with E-state index in [1.54, 1.807) is 32.2 Å². The number of nitrogens with one attached hydrogen (secondary N) is 3. The quantitative estimate of drug-likeness (QED) is 0.396. The van der Waals surface area contributed by atoms with Gasteiger partial charge in [-0.15, -0.1) is 0 Å². The fourth-order valence-corrected chi connectivity index (χ4v) is 2.96. The van der Waals surface area contributed by atoms with Gasteiger partial charge in [0.05, 0.1) is 5.69 Å². The third-order valence-electron chi connectivity index (χ3n) is 5.05. The van der Waals surface area contributed by atoms with Crippen molar-refractivity contribution in [1.82, 2.24) is 9.97 Å². The van der Waals surface area contributed by atoms with E-state index in [-0.39, 0.29) is 11.7 Å². The summed E-state index contributed by atoms with van der Waals surface area (Å²) in [6, 6.07) is 13.9. The Hall–Kier alpha value is -3.94. The van der Waals surface area contributed by atoms with Crippen molar-refractivity contribution >= 4 is 23.4 Å². The summed E-state index contributed by atoms with van der Waals surface area (Å²) in [4.78, 5) is 21.2. The van der Waals surface area contributed by atoms with Gasteiger partial charge >= 0.3 is 0 Å². The van der Waals surface area contributed by atoms with Crippen molar-refractivity contribution in [3.05, 3.63) is 82.8 Å². The number of amides is 1. The molecule has 0 saturated carbocycles. The fraction of sp³-hybridized carbons (Fsp3) is 0.240. The van der Waals surface area contributed by atoms with Gasteiger partial charge in [-0.05, 0) is 56.2 Å². The first-order chi connectivity index (χ1) is 15.9. The number of allylic oxidation sites excluding steroid dienone is 1. The van der Waals surface area contributed by atoms with Gasteiger partial charge in [-0.1, -0.05) is 30.3 Å². The van der Waals surface area contributed by atoms with Gasteiger partial charge in [-0.3, -0.25) is 4.79 Å². The molecule has 1 heterocycles. The first-order valence-corrected chi connectivity index (χ1v) is 10.6. The number of aryl methyl sites for hydroxylation is 1. The maximum absolute atomic E-state index is 13.0. The van der Waals surface area contributed by atoms with Gasteiger partial charge in [0.15, 0.2) is 5.82 Å². The van der Waals surface area contributed by atoms with Crippen LogP contribution in [-0.4, -0.2) is 22.9 Å². The number of aromatic nitrogens is 2. The summed E-state index contributed by atoms with van der Waals surface area (Å²) < 4.78 is 18.7. The molecule has 0 aliphatic carbocycles. The number of carbonyl (C=O) groups excluding carboxylic acids is 1. The molecule has 0 atom stereocenters. The second-order valence-corrected chi connectivity index (χ2v) is 7.44. The Kier molecular flexibility index (Phi) is 7.96. The minimum atomic E-state index is -0.264. The number of carbonyl (C=O) groups is 1. The summed E-state index contributed by atoms with van der Waals surface area (Å²) in [6.07, 6.45) is 1.75. The molecule has 2 aromatic carbocycles. The van der Waals surface area contributed by atoms with Crippen LogP contribution in [0.3, 0.4) is 0 Å². The zero-order chi connectivity index (χ0) is 23.8. The number of rotatable bonds is 9. The third kappa shape index (κ3) is 6.52. The molecule has 33 heavy (non-hydrogen) atoms. The van der Waals surface area contributed by atoms with Gasteiger partial charge < -0.3 is 20.7 Å². The van der Waals surface area contributed by atoms with Crippen LogP contribution in [-0.2, 0) is 17.9 Å². The van der Waals surface area contributed by atoms with Crippen LogP contribution in [0, 0.1) is 12.7 Å². The van der Waals surface area contributed by atoms with Gasteiger partial charge in [0, 0.05) is 19.2 Å². The number of nitrogens with zero attached hydrogens (tertiary/aromatic N) is 2. The average Bonchev–Trinajstić information content (AvgIpc) is 2.83. The molecule has 3 rings (SSSR count). The van der Waals surface area contributed by atoms with Crippen LogP contribution in [0.2, 0.25) is 0 Å². The normalized spacial score (nSPS) is 11.1. The molecule has 7 nitrogen and oxygen atoms in total. The van der Waals surface area contributed by atoms with Crippen LogP contribution in [0.25, 0.3) is 0 Å². The lowest BCUT2D eigenvalue weighted by Crippen LogP contribution is -2.17. The first kappa shape index (κ1) is 23.7. The molecule has 172 valence electrons. The molecule has 0 radical (unpaired) electrons. The second-order valence-electron chi connectivity index (χ2n) is 7.44. The van der Waals surface area contributed by atoms with Crippen LogP contribution in [0.1, 0.15) is 30.7 Å². The Bertz CT molecular complexity index is 1130. The Labute approximate surface area is 193 Å². The summed E-state index contributed by atoms with van der Waals surface area (Å²) in [5.74, 6) is 1.26. The molecule has 0 aliphatic heterocycles. The molecule has 0 aliphatic rings. The average molecular weight is 450 g/mol. The predicted octanol–water partition coefficient (Wildman–Crippen LogP) is 5.06. The Morgan fingerprint density at radius 3 is 2.36 bits per heavy atom. The predicted molar refractivity (Wildman–Crippen MR) is 129 cm³/mol. The molecule has 0 bridgehead atoms. The van der Waals surface area contributed by atoms with Gasteiger partial charge in [0.2, 0.25) is 5.95 Å². The standard InChI is InChI=1S/C25H28FN5O2/c1-5-16(2)24(32)30-22-17(3)29-25(31-23(22)27-4)28-14-18-8-12-21(13-9-18)33-15-19-6-10-20(26)11-7-19/h5-13H,14-15H2,1-4H3,(H,30,32)(H2,27,28,29,31)/b16-5-. The van der Waals surface area contributed by atoms with Gasteiger partial charge in [0.25, 0.3) is 5.91 Å². The van der Waals surface area contributed by atoms with E-state index in [1.807, 2.05) is 38.1 Å². The maximum atomic E-state index is 13.0. The Balaban J connectivity index is 1.60. The van der Waals surface area contributed by atoms with Crippen molar-refractivity contribution in [2.24, 2.45) is 0 Å². The monoisotopic (exact) mass is 449 g/mol. The second kappa shape index (κ2) is 11.1. The minimum absolute atomic E-state index is 0.192. The molecule has 0 spiro atoms. The van der Waals surface area contributed by atoms with Gasteiger partial charge in [0.1, 0.15) is 23.9 Å². The zero-order valence-electron chi connectivity index (χ0n) is 19.2. The number of halogens is 1. The van der Waals surface area contributed by atoms with Crippen LogP contribution in [0.4, 0.5) is 21.8 Å². The summed E-state index contributed by atoms with van der Waals surface area (Å²) in [6.45, 7) is 6.27. The van der Waals surface area contributed by atoms with E-state index in [0.29, 0.717) is 41.9 Å². The van der Waals surface area contributed by atoms with E-state index in [0.717, 1.165) is 16.9 Å². The highest BCUT2D eigenvalue weighted by molar-refractivity contribution is 6.05. The van der Waals surface area contributed by atoms with Crippen LogP contribution < -0.4 is 20.7 Å². The van der Waals surface area contributed by atoms with E-state index >= 15 is 0 Å². The van der Waals surface area contributed by atoms with Crippen molar-refractivity contribution in [3.8, 4) is 5.75 Å². The van der Waals surface area contributed by atoms with Crippen molar-refractivity contribution in [2.45, 2.75) is 33.9 Å². The minimum Gasteiger partial charge on any atom is -0.489 e. The first-order valence-electron chi connectivity index (χ1n) is 10.6. The van der Waals surface area contributed by atoms with E-state index in [1.165, 1.54) is 12.1 Å². The lowest BCUT2D eigenvalue weighted by Gasteiger charge is -2.15. The highest BCUT2D eigenvalue weighted by Gasteiger charge is 2.14. The van der Waals surface area contributed by atoms with Crippen molar-refractivity contribution in [3.63, 3.8) is 0 Å². The number of benzene rings is 2. The fourth-order valence-electron chi connectivity index (χ4n) is 2.96. The molecule has 3 N–H and O–H groups in total. The summed E-state index contributed by atoms with van der Waals surface area (Å²) in [7, 11) is 1.74. The van der Waals surface area contributed by atoms with E-state index in [2.05, 4.69) is 25.9 Å². The SMILES string of the molecule is C/C=C(/C)C(=O)Nc1c(C)nc(NCc2ccc(OCc3ccc(F)cc3)cc2)nc1NC. The summed E-state index contributed by atoms with van der Waals surface area (Å²) in [5, 5.41) is 9.08. The lowest BCUT2D eigenvalue weighted by atomic mass is 10.2.